The molecule has 0 unspecified atom stereocenters. The lowest BCUT2D eigenvalue weighted by Gasteiger charge is -2.09. The van der Waals surface area contributed by atoms with Crippen LogP contribution >= 0.6 is 0 Å². The summed E-state index contributed by atoms with van der Waals surface area (Å²) in [4.78, 5) is 0. The van der Waals surface area contributed by atoms with Gasteiger partial charge in [-0.1, -0.05) is 83.8 Å². The second kappa shape index (κ2) is 39.4. The van der Waals surface area contributed by atoms with E-state index in [1.165, 1.54) is 69.8 Å². The molecule has 0 amide bonds. The Hall–Kier alpha value is -1.34. The SMILES string of the molecule is CCCCCCCCc1ccc(OCCOCCOCCOCCOCCOCCOCCOCCOCCOCCCCCCC)cc1. The number of ether oxygens (including phenoxy) is 10. The highest BCUT2D eigenvalue weighted by atomic mass is 16.6. The van der Waals surface area contributed by atoms with E-state index in [1.54, 1.807) is 0 Å². The van der Waals surface area contributed by atoms with Crippen LogP contribution in [0.5, 0.6) is 5.75 Å². The molecule has 0 saturated carbocycles. The average molecular weight is 701 g/mol. The van der Waals surface area contributed by atoms with Gasteiger partial charge in [0.25, 0.3) is 0 Å². The summed E-state index contributed by atoms with van der Waals surface area (Å²) in [6.45, 7) is 15.2. The third kappa shape index (κ3) is 34.9. The number of hydrogen-bond donors (Lipinski definition) is 0. The van der Waals surface area contributed by atoms with Crippen LogP contribution in [0.2, 0.25) is 0 Å². The van der Waals surface area contributed by atoms with E-state index < -0.39 is 0 Å². The van der Waals surface area contributed by atoms with Gasteiger partial charge in [0.1, 0.15) is 12.4 Å². The van der Waals surface area contributed by atoms with Crippen molar-refractivity contribution in [3.63, 3.8) is 0 Å². The molecule has 0 fully saturated rings. The average Bonchev–Trinajstić information content (AvgIpc) is 3.12. The fourth-order valence-corrected chi connectivity index (χ4v) is 4.75. The maximum absolute atomic E-state index is 5.78. The second-order valence-corrected chi connectivity index (χ2v) is 11.9. The first-order valence-electron chi connectivity index (χ1n) is 19.3. The molecular formula is C39H72O10. The molecule has 0 N–H and O–H groups in total. The smallest absolute Gasteiger partial charge is 0.119 e. The van der Waals surface area contributed by atoms with Crippen LogP contribution in [-0.2, 0) is 49.1 Å². The van der Waals surface area contributed by atoms with E-state index in [9.17, 15) is 0 Å². The van der Waals surface area contributed by atoms with Gasteiger partial charge in [-0.2, -0.15) is 0 Å². The minimum Gasteiger partial charge on any atom is -0.491 e. The Morgan fingerprint density at radius 2 is 0.612 bits per heavy atom. The van der Waals surface area contributed by atoms with Gasteiger partial charge in [-0.25, -0.2) is 0 Å². The summed E-state index contributed by atoms with van der Waals surface area (Å²) in [6.07, 6.45) is 15.4. The van der Waals surface area contributed by atoms with Crippen molar-refractivity contribution in [3.8, 4) is 5.75 Å². The molecule has 0 heterocycles. The maximum atomic E-state index is 5.78. The number of rotatable bonds is 41. The molecular weight excluding hydrogens is 628 g/mol. The van der Waals surface area contributed by atoms with Crippen molar-refractivity contribution in [1.82, 2.24) is 0 Å². The molecule has 0 saturated heterocycles. The molecule has 1 rings (SSSR count). The molecule has 0 atom stereocenters. The third-order valence-electron chi connectivity index (χ3n) is 7.61. The van der Waals surface area contributed by atoms with Gasteiger partial charge in [0.05, 0.1) is 112 Å². The number of unbranched alkanes of at least 4 members (excludes halogenated alkanes) is 9. The standard InChI is InChI=1S/C39H72O10/c1-3-5-7-9-10-12-14-38-15-17-39(18-16-38)49-37-36-48-35-34-47-33-32-46-31-30-45-29-28-44-27-26-43-25-24-42-23-22-41-21-20-40-19-13-11-8-6-4-2/h15-18H,3-14,19-37H2,1-2H3. The molecule has 10 heteroatoms. The Bertz CT molecular complexity index is 752. The van der Waals surface area contributed by atoms with Gasteiger partial charge >= 0.3 is 0 Å². The first-order chi connectivity index (χ1) is 24.4. The molecule has 0 bridgehead atoms. The summed E-state index contributed by atoms with van der Waals surface area (Å²) in [5.41, 5.74) is 1.38. The fourth-order valence-electron chi connectivity index (χ4n) is 4.75. The topological polar surface area (TPSA) is 92.3 Å². The van der Waals surface area contributed by atoms with Gasteiger partial charge in [0, 0.05) is 6.61 Å². The molecule has 0 aliphatic carbocycles. The van der Waals surface area contributed by atoms with Crippen molar-refractivity contribution in [2.75, 3.05) is 126 Å². The minimum atomic E-state index is 0.526. The van der Waals surface area contributed by atoms with Crippen molar-refractivity contribution in [1.29, 1.82) is 0 Å². The summed E-state index contributed by atoms with van der Waals surface area (Å²) < 4.78 is 55.6. The lowest BCUT2D eigenvalue weighted by molar-refractivity contribution is -0.0254. The van der Waals surface area contributed by atoms with Crippen LogP contribution in [0.1, 0.15) is 90.0 Å². The van der Waals surface area contributed by atoms with Crippen LogP contribution in [0.15, 0.2) is 24.3 Å². The molecule has 0 radical (unpaired) electrons. The van der Waals surface area contributed by atoms with Gasteiger partial charge in [-0.05, 0) is 37.0 Å². The largest absolute Gasteiger partial charge is 0.491 e. The first kappa shape index (κ1) is 45.7. The number of benzene rings is 1. The highest BCUT2D eigenvalue weighted by Crippen LogP contribution is 2.15. The lowest BCUT2D eigenvalue weighted by atomic mass is 10.0. The van der Waals surface area contributed by atoms with Crippen molar-refractivity contribution in [3.05, 3.63) is 29.8 Å². The van der Waals surface area contributed by atoms with Crippen molar-refractivity contribution < 1.29 is 47.4 Å². The summed E-state index contributed by atoms with van der Waals surface area (Å²) in [5.74, 6) is 0.890. The van der Waals surface area contributed by atoms with E-state index in [2.05, 4.69) is 38.1 Å². The third-order valence-corrected chi connectivity index (χ3v) is 7.61. The van der Waals surface area contributed by atoms with Crippen LogP contribution < -0.4 is 4.74 Å². The van der Waals surface area contributed by atoms with Crippen LogP contribution in [0.25, 0.3) is 0 Å². The van der Waals surface area contributed by atoms with E-state index >= 15 is 0 Å². The van der Waals surface area contributed by atoms with Crippen molar-refractivity contribution in [2.45, 2.75) is 90.9 Å². The van der Waals surface area contributed by atoms with Gasteiger partial charge in [0.15, 0.2) is 0 Å². The summed E-state index contributed by atoms with van der Waals surface area (Å²) >= 11 is 0. The molecule has 49 heavy (non-hydrogen) atoms. The van der Waals surface area contributed by atoms with Crippen LogP contribution in [-0.4, -0.2) is 126 Å². The van der Waals surface area contributed by atoms with E-state index in [-0.39, 0.29) is 0 Å². The Balaban J connectivity index is 1.69. The molecule has 0 aliphatic heterocycles. The molecule has 10 nitrogen and oxygen atoms in total. The van der Waals surface area contributed by atoms with Crippen LogP contribution in [0.4, 0.5) is 0 Å². The van der Waals surface area contributed by atoms with Crippen molar-refractivity contribution >= 4 is 0 Å². The van der Waals surface area contributed by atoms with Gasteiger partial charge in [0.2, 0.25) is 0 Å². The summed E-state index contributed by atoms with van der Waals surface area (Å²) in [5, 5.41) is 0. The highest BCUT2D eigenvalue weighted by Gasteiger charge is 1.99. The Morgan fingerprint density at radius 1 is 0.306 bits per heavy atom. The zero-order valence-corrected chi connectivity index (χ0v) is 31.3. The predicted molar refractivity (Wildman–Crippen MR) is 195 cm³/mol. The van der Waals surface area contributed by atoms with Gasteiger partial charge in [-0.15, -0.1) is 0 Å². The molecule has 0 spiro atoms. The summed E-state index contributed by atoms with van der Waals surface area (Å²) in [7, 11) is 0. The zero-order chi connectivity index (χ0) is 35.0. The second-order valence-electron chi connectivity index (χ2n) is 11.9. The van der Waals surface area contributed by atoms with E-state index in [0.717, 1.165) is 25.2 Å². The Kier molecular flexibility index (Phi) is 36.8. The molecule has 1 aromatic rings. The van der Waals surface area contributed by atoms with E-state index in [1.807, 2.05) is 0 Å². The number of aryl methyl sites for hydroxylation is 1. The monoisotopic (exact) mass is 701 g/mol. The van der Waals surface area contributed by atoms with Gasteiger partial charge < -0.3 is 47.4 Å². The quantitative estimate of drug-likeness (QED) is 0.0660. The van der Waals surface area contributed by atoms with Crippen molar-refractivity contribution in [2.24, 2.45) is 0 Å². The normalized spacial score (nSPS) is 11.5. The first-order valence-corrected chi connectivity index (χ1v) is 19.3. The van der Waals surface area contributed by atoms with Crippen LogP contribution in [0.3, 0.4) is 0 Å². The lowest BCUT2D eigenvalue weighted by Crippen LogP contribution is -2.15. The Labute approximate surface area is 299 Å². The van der Waals surface area contributed by atoms with Crippen LogP contribution in [0, 0.1) is 0 Å². The van der Waals surface area contributed by atoms with E-state index in [0.29, 0.717) is 119 Å². The molecule has 0 aromatic heterocycles. The zero-order valence-electron chi connectivity index (χ0n) is 31.3. The Morgan fingerprint density at radius 3 is 1.00 bits per heavy atom. The minimum absolute atomic E-state index is 0.526. The molecule has 1 aromatic carbocycles. The summed E-state index contributed by atoms with van der Waals surface area (Å²) in [6, 6.07) is 8.45. The predicted octanol–water partition coefficient (Wildman–Crippen LogP) is 7.09. The highest BCUT2D eigenvalue weighted by molar-refractivity contribution is 5.27. The van der Waals surface area contributed by atoms with Gasteiger partial charge in [-0.3, -0.25) is 0 Å². The maximum Gasteiger partial charge on any atom is 0.119 e. The fraction of sp³-hybridized carbons (Fsp3) is 0.846. The molecule has 288 valence electrons. The molecule has 0 aliphatic rings. The van der Waals surface area contributed by atoms with E-state index in [4.69, 9.17) is 47.4 Å². The number of hydrogen-bond acceptors (Lipinski definition) is 10.